The maximum atomic E-state index is 13.0. The number of benzene rings is 1. The maximum absolute atomic E-state index is 13.0. The Kier molecular flexibility index (Phi) is 7.77. The molecule has 0 fully saturated rings. The van der Waals surface area contributed by atoms with Gasteiger partial charge in [-0.05, 0) is 79.9 Å². The summed E-state index contributed by atoms with van der Waals surface area (Å²) in [4.78, 5) is 0. The van der Waals surface area contributed by atoms with Gasteiger partial charge in [-0.2, -0.15) is 17.2 Å². The highest BCUT2D eigenvalue weighted by molar-refractivity contribution is 14.1. The Balaban J connectivity index is 2.52. The fourth-order valence-corrected chi connectivity index (χ4v) is 5.66. The van der Waals surface area contributed by atoms with Gasteiger partial charge in [0, 0.05) is 3.57 Å². The fraction of sp³-hybridized carbons (Fsp3) is 0.400. The molecule has 0 aliphatic heterocycles. The molecule has 5 nitrogen and oxygen atoms in total. The van der Waals surface area contributed by atoms with E-state index in [0.29, 0.717) is 5.75 Å². The van der Waals surface area contributed by atoms with Crippen LogP contribution in [0.25, 0.3) is 0 Å². The van der Waals surface area contributed by atoms with Gasteiger partial charge in [-0.15, -0.1) is 0 Å². The smallest absolute Gasteiger partial charge is 0.372 e. The number of hydrogen-bond donors (Lipinski definition) is 1. The molecule has 0 aromatic heterocycles. The van der Waals surface area contributed by atoms with Gasteiger partial charge in [0.1, 0.15) is 12.4 Å². The van der Waals surface area contributed by atoms with Gasteiger partial charge in [0.25, 0.3) is 10.1 Å². The van der Waals surface area contributed by atoms with Crippen LogP contribution in [0.1, 0.15) is 0 Å². The number of rotatable bonds is 7. The summed E-state index contributed by atoms with van der Waals surface area (Å²) >= 11 is 6.27. The zero-order valence-corrected chi connectivity index (χ0v) is 17.4. The molecule has 0 aliphatic rings. The first kappa shape index (κ1) is 20.0. The van der Waals surface area contributed by atoms with E-state index in [2.05, 4.69) is 72.5 Å². The van der Waals surface area contributed by atoms with Crippen LogP contribution in [0.15, 0.2) is 12.1 Å². The summed E-state index contributed by atoms with van der Waals surface area (Å²) in [5.74, 6) is -1.23. The molecule has 0 bridgehead atoms. The lowest BCUT2D eigenvalue weighted by molar-refractivity contribution is -0.223. The predicted octanol–water partition coefficient (Wildman–Crippen LogP) is 3.38. The van der Waals surface area contributed by atoms with Gasteiger partial charge in [-0.25, -0.2) is 0 Å². The average Bonchev–Trinajstić information content (AvgIpc) is 2.22. The SMILES string of the molecule is O=S(=O)(O)CC(F)(F)OCCOc1c(I)cc(I)cc1I. The molecule has 0 unspecified atom stereocenters. The molecule has 120 valence electrons. The molecule has 0 atom stereocenters. The van der Waals surface area contributed by atoms with Crippen LogP contribution in [0.3, 0.4) is 0 Å². The van der Waals surface area contributed by atoms with Crippen molar-refractivity contribution < 1.29 is 31.2 Å². The Morgan fingerprint density at radius 1 is 1.14 bits per heavy atom. The van der Waals surface area contributed by atoms with Gasteiger partial charge in [0.2, 0.25) is 0 Å². The van der Waals surface area contributed by atoms with Crippen molar-refractivity contribution in [2.75, 3.05) is 19.0 Å². The highest BCUT2D eigenvalue weighted by atomic mass is 127. The highest BCUT2D eigenvalue weighted by Crippen LogP contribution is 2.29. The van der Waals surface area contributed by atoms with Crippen molar-refractivity contribution in [3.63, 3.8) is 0 Å². The Labute approximate surface area is 161 Å². The van der Waals surface area contributed by atoms with Crippen molar-refractivity contribution in [1.82, 2.24) is 0 Å². The summed E-state index contributed by atoms with van der Waals surface area (Å²) in [6.07, 6.45) is -3.96. The summed E-state index contributed by atoms with van der Waals surface area (Å²) in [5, 5.41) is 0. The lowest BCUT2D eigenvalue weighted by Crippen LogP contribution is -2.32. The topological polar surface area (TPSA) is 72.8 Å². The third-order valence-corrected chi connectivity index (χ3v) is 4.88. The van der Waals surface area contributed by atoms with Crippen LogP contribution in [0.2, 0.25) is 0 Å². The van der Waals surface area contributed by atoms with Gasteiger partial charge in [-0.1, -0.05) is 0 Å². The Morgan fingerprint density at radius 3 is 2.14 bits per heavy atom. The van der Waals surface area contributed by atoms with Crippen LogP contribution in [0.4, 0.5) is 8.78 Å². The third-order valence-electron chi connectivity index (χ3n) is 1.96. The van der Waals surface area contributed by atoms with Gasteiger partial charge in [0.05, 0.1) is 13.7 Å². The van der Waals surface area contributed by atoms with E-state index < -0.39 is 28.6 Å². The molecule has 0 spiro atoms. The molecule has 1 N–H and O–H groups in total. The maximum Gasteiger partial charge on any atom is 0.372 e. The van der Waals surface area contributed by atoms with Crippen molar-refractivity contribution in [2.24, 2.45) is 0 Å². The second kappa shape index (κ2) is 8.16. The Hall–Kier alpha value is 0.940. The van der Waals surface area contributed by atoms with Crippen molar-refractivity contribution in [3.8, 4) is 5.75 Å². The first-order chi connectivity index (χ1) is 9.50. The fourth-order valence-electron chi connectivity index (χ4n) is 1.26. The normalized spacial score (nSPS) is 12.5. The average molecular weight is 660 g/mol. The van der Waals surface area contributed by atoms with E-state index in [0.717, 1.165) is 10.7 Å². The van der Waals surface area contributed by atoms with Crippen molar-refractivity contribution in [2.45, 2.75) is 6.11 Å². The number of hydrogen-bond acceptors (Lipinski definition) is 4. The number of ether oxygens (including phenoxy) is 2. The first-order valence-corrected chi connectivity index (χ1v) is 10.1. The van der Waals surface area contributed by atoms with Crippen molar-refractivity contribution >= 4 is 77.9 Å². The zero-order chi connectivity index (χ0) is 16.3. The van der Waals surface area contributed by atoms with Gasteiger partial charge in [0.15, 0.2) is 5.75 Å². The lowest BCUT2D eigenvalue weighted by atomic mass is 10.3. The second-order valence-electron chi connectivity index (χ2n) is 3.76. The molecule has 0 radical (unpaired) electrons. The summed E-state index contributed by atoms with van der Waals surface area (Å²) in [6.45, 7) is -0.686. The van der Waals surface area contributed by atoms with E-state index in [1.54, 1.807) is 0 Å². The zero-order valence-electron chi connectivity index (χ0n) is 10.2. The molecule has 0 heterocycles. The Morgan fingerprint density at radius 2 is 1.67 bits per heavy atom. The van der Waals surface area contributed by atoms with Crippen molar-refractivity contribution in [1.29, 1.82) is 0 Å². The molecular weight excluding hydrogens is 651 g/mol. The van der Waals surface area contributed by atoms with E-state index in [9.17, 15) is 17.2 Å². The molecule has 1 rings (SSSR count). The van der Waals surface area contributed by atoms with Crippen LogP contribution < -0.4 is 4.74 Å². The second-order valence-corrected chi connectivity index (χ2v) is 8.78. The molecule has 0 aliphatic carbocycles. The van der Waals surface area contributed by atoms with Gasteiger partial charge >= 0.3 is 6.11 Å². The van der Waals surface area contributed by atoms with Crippen LogP contribution in [-0.4, -0.2) is 38.0 Å². The van der Waals surface area contributed by atoms with E-state index in [4.69, 9.17) is 9.29 Å². The number of halogens is 5. The molecule has 1 aromatic rings. The summed E-state index contributed by atoms with van der Waals surface area (Å²) in [6, 6.07) is 3.73. The minimum atomic E-state index is -4.81. The molecule has 11 heteroatoms. The van der Waals surface area contributed by atoms with E-state index >= 15 is 0 Å². The monoisotopic (exact) mass is 660 g/mol. The predicted molar refractivity (Wildman–Crippen MR) is 97.4 cm³/mol. The summed E-state index contributed by atoms with van der Waals surface area (Å²) in [7, 11) is -4.81. The number of alkyl halides is 2. The van der Waals surface area contributed by atoms with Crippen LogP contribution in [0.5, 0.6) is 5.75 Å². The lowest BCUT2D eigenvalue weighted by Gasteiger charge is -2.16. The van der Waals surface area contributed by atoms with Gasteiger partial charge < -0.3 is 9.47 Å². The molecule has 0 saturated heterocycles. The molecule has 0 saturated carbocycles. The summed E-state index contributed by atoms with van der Waals surface area (Å²) in [5.41, 5.74) is 0. The summed E-state index contributed by atoms with van der Waals surface area (Å²) < 4.78 is 67.4. The van der Waals surface area contributed by atoms with E-state index in [-0.39, 0.29) is 6.61 Å². The van der Waals surface area contributed by atoms with Crippen molar-refractivity contribution in [3.05, 3.63) is 22.8 Å². The minimum Gasteiger partial charge on any atom is -0.489 e. The van der Waals surface area contributed by atoms with Crippen LogP contribution >= 0.6 is 67.8 Å². The van der Waals surface area contributed by atoms with E-state index in [1.807, 2.05) is 12.1 Å². The quantitative estimate of drug-likeness (QED) is 0.276. The third kappa shape index (κ3) is 7.85. The molecule has 1 aromatic carbocycles. The molecule has 0 amide bonds. The molecular formula is C10H9F2I3O5S. The first-order valence-electron chi connectivity index (χ1n) is 5.24. The largest absolute Gasteiger partial charge is 0.489 e. The highest BCUT2D eigenvalue weighted by Gasteiger charge is 2.36. The van der Waals surface area contributed by atoms with Gasteiger partial charge in [-0.3, -0.25) is 4.55 Å². The standard InChI is InChI=1S/C10H9F2I3O5S/c11-10(12,5-21(16,17)18)20-2-1-19-9-7(14)3-6(13)4-8(9)15/h3-4H,1-2,5H2,(H,16,17,18). The van der Waals surface area contributed by atoms with Crippen LogP contribution in [0, 0.1) is 10.7 Å². The Bertz CT molecular complexity index is 586. The van der Waals surface area contributed by atoms with E-state index in [1.165, 1.54) is 0 Å². The van der Waals surface area contributed by atoms with Crippen LogP contribution in [-0.2, 0) is 14.9 Å². The molecule has 21 heavy (non-hydrogen) atoms. The minimum absolute atomic E-state index is 0.173.